The molecule has 5 heterocycles. The molecular weight excluding hydrogens is 757 g/mol. The molecule has 0 saturated carbocycles. The number of alkyl halides is 3. The van der Waals surface area contributed by atoms with Gasteiger partial charge >= 0.3 is 12.3 Å². The number of imidazole rings is 1. The van der Waals surface area contributed by atoms with E-state index >= 15 is 0 Å². The van der Waals surface area contributed by atoms with Crippen molar-refractivity contribution < 1.29 is 37.1 Å². The van der Waals surface area contributed by atoms with E-state index in [2.05, 4.69) is 20.4 Å². The highest BCUT2D eigenvalue weighted by Gasteiger charge is 2.39. The van der Waals surface area contributed by atoms with Crippen LogP contribution in [0.15, 0.2) is 42.9 Å². The van der Waals surface area contributed by atoms with Crippen LogP contribution >= 0.6 is 11.6 Å². The molecule has 298 valence electrons. The Hall–Kier alpha value is -5.65. The molecule has 0 unspecified atom stereocenters. The highest BCUT2D eigenvalue weighted by atomic mass is 35.5. The molecule has 4 aromatic rings. The number of nitrogens with one attached hydrogen (secondary N) is 1. The third-order valence-corrected chi connectivity index (χ3v) is 9.96. The zero-order chi connectivity index (χ0) is 40.7. The normalized spacial score (nSPS) is 15.6. The van der Waals surface area contributed by atoms with Crippen molar-refractivity contribution in [2.24, 2.45) is 13.0 Å². The maximum absolute atomic E-state index is 14.1. The van der Waals surface area contributed by atoms with Crippen LogP contribution in [0.1, 0.15) is 65.8 Å². The first-order valence-corrected chi connectivity index (χ1v) is 18.3. The molecule has 3 N–H and O–H groups in total. The lowest BCUT2D eigenvalue weighted by atomic mass is 9.95. The third-order valence-electron chi connectivity index (χ3n) is 9.65. The topological polar surface area (TPSA) is 174 Å². The lowest BCUT2D eigenvalue weighted by Gasteiger charge is -2.38. The molecular formula is C37H42ClF3N10O5. The van der Waals surface area contributed by atoms with Crippen LogP contribution in [0, 0.1) is 12.8 Å². The molecule has 4 amide bonds. The smallest absolute Gasteiger partial charge is 0.435 e. The second-order valence-corrected chi connectivity index (χ2v) is 15.2. The standard InChI is InChI=1S/C37H42ClF3N10O5/c1-21-16-24(18-43-30(21)42)51-20-26(29(46-51)37(39,40)41)28-19-44-31(47(28)5)32(52)45-23-6-7-25(27(38)17-23)34(54)49-14-12-48(13-15-49)33(53)22-8-10-50(11-9-22)35(55)56-36(2,3)4/h6-7,16-20,22H,8-15H2,1-5H3,(H2,42,43)(H,45,52). The number of carbonyl (C=O) groups excluding carboxylic acids is 4. The Morgan fingerprint density at radius 3 is 2.20 bits per heavy atom. The minimum atomic E-state index is -4.83. The van der Waals surface area contributed by atoms with E-state index in [9.17, 15) is 32.3 Å². The van der Waals surface area contributed by atoms with Crippen LogP contribution in [-0.4, -0.2) is 108 Å². The van der Waals surface area contributed by atoms with Crippen molar-refractivity contribution in [3.63, 3.8) is 0 Å². The fraction of sp³-hybridized carbons (Fsp3) is 0.432. The fourth-order valence-corrected chi connectivity index (χ4v) is 6.88. The van der Waals surface area contributed by atoms with Crippen molar-refractivity contribution in [1.82, 2.24) is 39.0 Å². The van der Waals surface area contributed by atoms with Crippen LogP contribution in [0.3, 0.4) is 0 Å². The maximum atomic E-state index is 14.1. The number of halogens is 4. The van der Waals surface area contributed by atoms with Gasteiger partial charge in [-0.3, -0.25) is 14.4 Å². The number of ether oxygens (including phenoxy) is 1. The quantitative estimate of drug-likeness (QED) is 0.259. The average molecular weight is 799 g/mol. The lowest BCUT2D eigenvalue weighted by Crippen LogP contribution is -2.53. The van der Waals surface area contributed by atoms with Gasteiger partial charge in [-0.1, -0.05) is 11.6 Å². The van der Waals surface area contributed by atoms with Crippen LogP contribution in [0.25, 0.3) is 16.9 Å². The van der Waals surface area contributed by atoms with Gasteiger partial charge < -0.3 is 35.1 Å². The van der Waals surface area contributed by atoms with E-state index in [1.54, 1.807) is 27.7 Å². The number of hydrogen-bond acceptors (Lipinski definition) is 9. The van der Waals surface area contributed by atoms with Gasteiger partial charge in [0.05, 0.1) is 39.9 Å². The van der Waals surface area contributed by atoms with Crippen molar-refractivity contribution in [1.29, 1.82) is 0 Å². The van der Waals surface area contributed by atoms with E-state index < -0.39 is 23.4 Å². The molecule has 0 aliphatic carbocycles. The first-order valence-electron chi connectivity index (χ1n) is 17.9. The number of nitrogens with zero attached hydrogens (tertiary/aromatic N) is 8. The van der Waals surface area contributed by atoms with Gasteiger partial charge in [0.25, 0.3) is 11.8 Å². The predicted molar refractivity (Wildman–Crippen MR) is 200 cm³/mol. The summed E-state index contributed by atoms with van der Waals surface area (Å²) < 4.78 is 50.1. The molecule has 3 aromatic heterocycles. The molecule has 6 rings (SSSR count). The second-order valence-electron chi connectivity index (χ2n) is 14.8. The van der Waals surface area contributed by atoms with Gasteiger partial charge in [0.15, 0.2) is 11.5 Å². The Morgan fingerprint density at radius 1 is 0.929 bits per heavy atom. The number of benzene rings is 1. The zero-order valence-corrected chi connectivity index (χ0v) is 32.2. The van der Waals surface area contributed by atoms with Crippen molar-refractivity contribution in [3.8, 4) is 16.9 Å². The number of pyridine rings is 1. The number of nitrogens with two attached hydrogens (primary N) is 1. The second kappa shape index (κ2) is 15.5. The van der Waals surface area contributed by atoms with Crippen molar-refractivity contribution in [2.45, 2.75) is 52.3 Å². The molecule has 0 bridgehead atoms. The van der Waals surface area contributed by atoms with Crippen LogP contribution in [0.5, 0.6) is 0 Å². The van der Waals surface area contributed by atoms with E-state index in [-0.39, 0.29) is 68.7 Å². The van der Waals surface area contributed by atoms with Crippen LogP contribution in [0.4, 0.5) is 29.5 Å². The number of anilines is 2. The minimum Gasteiger partial charge on any atom is -0.444 e. The summed E-state index contributed by atoms with van der Waals surface area (Å²) in [5.74, 6) is -1.25. The summed E-state index contributed by atoms with van der Waals surface area (Å²) in [5, 5.41) is 6.47. The first-order chi connectivity index (χ1) is 26.3. The number of amides is 4. The Labute approximate surface area is 325 Å². The number of carbonyl (C=O) groups is 4. The van der Waals surface area contributed by atoms with Gasteiger partial charge in [-0.2, -0.15) is 18.3 Å². The molecule has 2 aliphatic rings. The lowest BCUT2D eigenvalue weighted by molar-refractivity contribution is -0.141. The van der Waals surface area contributed by atoms with E-state index in [1.165, 1.54) is 42.2 Å². The summed E-state index contributed by atoms with van der Waals surface area (Å²) in [7, 11) is 1.40. The number of nitrogen functional groups attached to an aromatic ring is 1. The summed E-state index contributed by atoms with van der Waals surface area (Å²) >= 11 is 6.52. The van der Waals surface area contributed by atoms with E-state index in [1.807, 2.05) is 20.8 Å². The van der Waals surface area contributed by atoms with Gasteiger partial charge in [-0.05, 0) is 70.4 Å². The summed E-state index contributed by atoms with van der Waals surface area (Å²) in [6.07, 6.45) is -0.514. The van der Waals surface area contributed by atoms with Crippen molar-refractivity contribution >= 4 is 46.9 Å². The number of piperidine rings is 1. The third kappa shape index (κ3) is 8.59. The highest BCUT2D eigenvalue weighted by Crippen LogP contribution is 2.37. The van der Waals surface area contributed by atoms with Crippen LogP contribution in [0.2, 0.25) is 5.02 Å². The SMILES string of the molecule is Cc1cc(-n2cc(-c3cnc(C(=O)Nc4ccc(C(=O)N5CCN(C(=O)C6CCN(C(=O)OC(C)(C)C)CC6)CC5)c(Cl)c4)n3C)c(C(F)(F)F)n2)cnc1N. The van der Waals surface area contributed by atoms with Gasteiger partial charge in [-0.15, -0.1) is 0 Å². The summed E-state index contributed by atoms with van der Waals surface area (Å²) in [6.45, 7) is 9.23. The molecule has 1 aromatic carbocycles. The van der Waals surface area contributed by atoms with Gasteiger partial charge in [0.1, 0.15) is 11.4 Å². The fourth-order valence-electron chi connectivity index (χ4n) is 6.62. The average Bonchev–Trinajstić information content (AvgIpc) is 3.76. The van der Waals surface area contributed by atoms with Crippen LogP contribution < -0.4 is 11.1 Å². The largest absolute Gasteiger partial charge is 0.444 e. The van der Waals surface area contributed by atoms with Gasteiger partial charge in [-0.25, -0.2) is 19.4 Å². The number of likely N-dealkylation sites (tertiary alicyclic amines) is 1. The minimum absolute atomic E-state index is 0.000509. The Morgan fingerprint density at radius 2 is 1.59 bits per heavy atom. The number of piperazine rings is 1. The van der Waals surface area contributed by atoms with E-state index in [0.29, 0.717) is 57.7 Å². The van der Waals surface area contributed by atoms with Gasteiger partial charge in [0, 0.05) is 64.1 Å². The highest BCUT2D eigenvalue weighted by molar-refractivity contribution is 6.34. The maximum Gasteiger partial charge on any atom is 0.435 e. The van der Waals surface area contributed by atoms with E-state index in [4.69, 9.17) is 22.1 Å². The Bertz CT molecular complexity index is 2160. The predicted octanol–water partition coefficient (Wildman–Crippen LogP) is 5.41. The molecule has 2 fully saturated rings. The zero-order valence-electron chi connectivity index (χ0n) is 31.5. The summed E-state index contributed by atoms with van der Waals surface area (Å²) in [4.78, 5) is 65.5. The van der Waals surface area contributed by atoms with Crippen molar-refractivity contribution in [3.05, 3.63) is 70.5 Å². The number of aromatic nitrogens is 5. The summed E-state index contributed by atoms with van der Waals surface area (Å²) in [6, 6.07) is 5.91. The van der Waals surface area contributed by atoms with Crippen molar-refractivity contribution in [2.75, 3.05) is 50.3 Å². The Balaban J connectivity index is 1.06. The molecule has 0 radical (unpaired) electrons. The molecule has 56 heavy (non-hydrogen) atoms. The number of hydrogen-bond donors (Lipinski definition) is 2. The van der Waals surface area contributed by atoms with Gasteiger partial charge in [0.2, 0.25) is 5.91 Å². The molecule has 2 saturated heterocycles. The van der Waals surface area contributed by atoms with Crippen LogP contribution in [-0.2, 0) is 22.8 Å². The summed E-state index contributed by atoms with van der Waals surface area (Å²) in [5.41, 5.74) is 4.90. The number of rotatable bonds is 6. The molecule has 15 nitrogen and oxygen atoms in total. The number of aryl methyl sites for hydroxylation is 1. The Kier molecular flexibility index (Phi) is 11.1. The monoisotopic (exact) mass is 798 g/mol. The molecule has 0 atom stereocenters. The molecule has 0 spiro atoms. The first kappa shape index (κ1) is 40.0. The molecule has 19 heteroatoms. The molecule has 2 aliphatic heterocycles. The van der Waals surface area contributed by atoms with E-state index in [0.717, 1.165) is 10.9 Å².